The van der Waals surface area contributed by atoms with Crippen molar-refractivity contribution >= 4 is 12.4 Å². The highest BCUT2D eigenvalue weighted by molar-refractivity contribution is 5.85. The minimum atomic E-state index is -0.269. The maximum atomic E-state index is 13.7. The standard InChI is InChI=1S/C21H19F2NO.ClH/c22-19-11-9-16(10-12-19)13-24-14-17-5-2-4-8-21(17)25-15-18-6-1-3-7-20(18)23;/h1-12,24H,13-15H2;1H. The van der Waals surface area contributed by atoms with Gasteiger partial charge in [-0.25, -0.2) is 8.78 Å². The normalized spacial score (nSPS) is 10.2. The van der Waals surface area contributed by atoms with E-state index in [4.69, 9.17) is 4.74 Å². The van der Waals surface area contributed by atoms with E-state index in [0.717, 1.165) is 16.9 Å². The lowest BCUT2D eigenvalue weighted by molar-refractivity contribution is 0.296. The van der Waals surface area contributed by atoms with Gasteiger partial charge in [0.15, 0.2) is 0 Å². The molecule has 0 radical (unpaired) electrons. The third-order valence-corrected chi connectivity index (χ3v) is 3.87. The van der Waals surface area contributed by atoms with Gasteiger partial charge in [-0.2, -0.15) is 0 Å². The average Bonchev–Trinajstić information content (AvgIpc) is 2.64. The summed E-state index contributed by atoms with van der Waals surface area (Å²) in [5.74, 6) is 0.211. The van der Waals surface area contributed by atoms with Crippen LogP contribution in [0.4, 0.5) is 8.78 Å². The van der Waals surface area contributed by atoms with Crippen LogP contribution in [0.15, 0.2) is 72.8 Å². The Morgan fingerprint density at radius 3 is 2.12 bits per heavy atom. The average molecular weight is 376 g/mol. The minimum Gasteiger partial charge on any atom is -0.488 e. The Hall–Kier alpha value is -2.43. The molecule has 26 heavy (non-hydrogen) atoms. The van der Waals surface area contributed by atoms with Gasteiger partial charge >= 0.3 is 0 Å². The van der Waals surface area contributed by atoms with Crippen molar-refractivity contribution in [2.24, 2.45) is 0 Å². The molecule has 0 bridgehead atoms. The molecular formula is C21H20ClF2NO. The molecule has 1 N–H and O–H groups in total. The van der Waals surface area contributed by atoms with Crippen molar-refractivity contribution < 1.29 is 13.5 Å². The maximum Gasteiger partial charge on any atom is 0.129 e. The van der Waals surface area contributed by atoms with Gasteiger partial charge in [-0.15, -0.1) is 12.4 Å². The quantitative estimate of drug-likeness (QED) is 0.608. The van der Waals surface area contributed by atoms with Crippen molar-refractivity contribution in [2.75, 3.05) is 0 Å². The van der Waals surface area contributed by atoms with Gasteiger partial charge < -0.3 is 10.1 Å². The Labute approximate surface area is 158 Å². The van der Waals surface area contributed by atoms with Crippen LogP contribution in [0.5, 0.6) is 5.75 Å². The van der Waals surface area contributed by atoms with E-state index in [2.05, 4.69) is 5.32 Å². The number of halogens is 3. The molecule has 3 rings (SSSR count). The van der Waals surface area contributed by atoms with E-state index in [0.29, 0.717) is 18.7 Å². The SMILES string of the molecule is Cl.Fc1ccc(CNCc2ccccc2OCc2ccccc2F)cc1. The summed E-state index contributed by atoms with van der Waals surface area (Å²) in [6.07, 6.45) is 0. The fraction of sp³-hybridized carbons (Fsp3) is 0.143. The smallest absolute Gasteiger partial charge is 0.129 e. The van der Waals surface area contributed by atoms with Crippen molar-refractivity contribution in [2.45, 2.75) is 19.7 Å². The van der Waals surface area contributed by atoms with Crippen LogP contribution in [0.2, 0.25) is 0 Å². The summed E-state index contributed by atoms with van der Waals surface area (Å²) in [6, 6.07) is 20.6. The van der Waals surface area contributed by atoms with Gasteiger partial charge in [-0.05, 0) is 29.8 Å². The van der Waals surface area contributed by atoms with Crippen molar-refractivity contribution in [3.8, 4) is 5.75 Å². The molecule has 0 saturated heterocycles. The van der Waals surface area contributed by atoms with Gasteiger partial charge in [0.2, 0.25) is 0 Å². The molecule has 0 unspecified atom stereocenters. The van der Waals surface area contributed by atoms with Crippen molar-refractivity contribution in [3.05, 3.63) is 101 Å². The van der Waals surface area contributed by atoms with Gasteiger partial charge in [0.25, 0.3) is 0 Å². The van der Waals surface area contributed by atoms with E-state index >= 15 is 0 Å². The molecule has 0 heterocycles. The van der Waals surface area contributed by atoms with Crippen LogP contribution in [0.3, 0.4) is 0 Å². The van der Waals surface area contributed by atoms with E-state index in [-0.39, 0.29) is 30.6 Å². The molecule has 0 atom stereocenters. The Kier molecular flexibility index (Phi) is 7.57. The highest BCUT2D eigenvalue weighted by Crippen LogP contribution is 2.20. The number of ether oxygens (including phenoxy) is 1. The Balaban J connectivity index is 0.00000243. The number of benzene rings is 3. The first-order valence-corrected chi connectivity index (χ1v) is 8.11. The molecule has 5 heteroatoms. The summed E-state index contributed by atoms with van der Waals surface area (Å²) in [5, 5.41) is 3.31. The highest BCUT2D eigenvalue weighted by Gasteiger charge is 2.06. The second-order valence-corrected chi connectivity index (χ2v) is 5.72. The summed E-state index contributed by atoms with van der Waals surface area (Å²) >= 11 is 0. The van der Waals surface area contributed by atoms with Crippen LogP contribution in [0, 0.1) is 11.6 Å². The van der Waals surface area contributed by atoms with Crippen LogP contribution in [-0.4, -0.2) is 0 Å². The summed E-state index contributed by atoms with van der Waals surface area (Å²) in [4.78, 5) is 0. The number of para-hydroxylation sites is 1. The molecule has 136 valence electrons. The van der Waals surface area contributed by atoms with Crippen LogP contribution in [0.25, 0.3) is 0 Å². The fourth-order valence-corrected chi connectivity index (χ4v) is 2.51. The Morgan fingerprint density at radius 1 is 0.731 bits per heavy atom. The zero-order valence-electron chi connectivity index (χ0n) is 14.1. The summed E-state index contributed by atoms with van der Waals surface area (Å²) in [6.45, 7) is 1.41. The molecule has 3 aromatic rings. The summed E-state index contributed by atoms with van der Waals surface area (Å²) in [7, 11) is 0. The van der Waals surface area contributed by atoms with Crippen molar-refractivity contribution in [1.29, 1.82) is 0 Å². The third kappa shape index (κ3) is 5.55. The molecule has 0 fully saturated rings. The zero-order chi connectivity index (χ0) is 17.5. The second kappa shape index (κ2) is 9.90. The van der Waals surface area contributed by atoms with Crippen LogP contribution in [0.1, 0.15) is 16.7 Å². The van der Waals surface area contributed by atoms with Crippen molar-refractivity contribution in [1.82, 2.24) is 5.32 Å². The number of hydrogen-bond acceptors (Lipinski definition) is 2. The topological polar surface area (TPSA) is 21.3 Å². The Morgan fingerprint density at radius 2 is 1.38 bits per heavy atom. The minimum absolute atomic E-state index is 0. The van der Waals surface area contributed by atoms with Crippen LogP contribution >= 0.6 is 12.4 Å². The first-order chi connectivity index (χ1) is 12.2. The fourth-order valence-electron chi connectivity index (χ4n) is 2.51. The van der Waals surface area contributed by atoms with Crippen LogP contribution < -0.4 is 10.1 Å². The molecule has 2 nitrogen and oxygen atoms in total. The molecule has 0 spiro atoms. The van der Waals surface area contributed by atoms with Crippen molar-refractivity contribution in [3.63, 3.8) is 0 Å². The molecule has 0 saturated carbocycles. The maximum absolute atomic E-state index is 13.7. The van der Waals surface area contributed by atoms with Gasteiger partial charge in [-0.3, -0.25) is 0 Å². The van der Waals surface area contributed by atoms with E-state index in [9.17, 15) is 8.78 Å². The largest absolute Gasteiger partial charge is 0.488 e. The van der Waals surface area contributed by atoms with Gasteiger partial charge in [0.1, 0.15) is 24.0 Å². The van der Waals surface area contributed by atoms with Gasteiger partial charge in [-0.1, -0.05) is 48.5 Å². The predicted molar refractivity (Wildman–Crippen MR) is 101 cm³/mol. The number of nitrogens with one attached hydrogen (secondary N) is 1. The molecule has 0 aromatic heterocycles. The first kappa shape index (κ1) is 19.9. The van der Waals surface area contributed by atoms with Crippen LogP contribution in [-0.2, 0) is 19.7 Å². The lowest BCUT2D eigenvalue weighted by atomic mass is 10.1. The molecule has 0 aliphatic rings. The highest BCUT2D eigenvalue weighted by atomic mass is 35.5. The van der Waals surface area contributed by atoms with E-state index in [1.807, 2.05) is 24.3 Å². The van der Waals surface area contributed by atoms with E-state index < -0.39 is 0 Å². The monoisotopic (exact) mass is 375 g/mol. The predicted octanol–water partition coefficient (Wildman–Crippen LogP) is 5.26. The van der Waals surface area contributed by atoms with E-state index in [1.165, 1.54) is 18.2 Å². The molecule has 0 aliphatic heterocycles. The van der Waals surface area contributed by atoms with Gasteiger partial charge in [0, 0.05) is 24.2 Å². The lowest BCUT2D eigenvalue weighted by Gasteiger charge is -2.13. The van der Waals surface area contributed by atoms with E-state index in [1.54, 1.807) is 30.3 Å². The molecule has 0 aliphatic carbocycles. The third-order valence-electron chi connectivity index (χ3n) is 3.87. The zero-order valence-corrected chi connectivity index (χ0v) is 14.9. The Bertz CT molecular complexity index is 824. The molecular weight excluding hydrogens is 356 g/mol. The lowest BCUT2D eigenvalue weighted by Crippen LogP contribution is -2.13. The first-order valence-electron chi connectivity index (χ1n) is 8.11. The van der Waals surface area contributed by atoms with Gasteiger partial charge in [0.05, 0.1) is 0 Å². The summed E-state index contributed by atoms with van der Waals surface area (Å²) < 4.78 is 32.4. The number of hydrogen-bond donors (Lipinski definition) is 1. The molecule has 3 aromatic carbocycles. The second-order valence-electron chi connectivity index (χ2n) is 5.72. The number of rotatable bonds is 7. The summed E-state index contributed by atoms with van der Waals surface area (Å²) in [5.41, 5.74) is 2.52. The molecule has 0 amide bonds.